The van der Waals surface area contributed by atoms with Crippen molar-refractivity contribution in [1.29, 1.82) is 0 Å². The van der Waals surface area contributed by atoms with Crippen LogP contribution in [-0.4, -0.2) is 51.4 Å². The van der Waals surface area contributed by atoms with Gasteiger partial charge in [-0.05, 0) is 69.1 Å². The van der Waals surface area contributed by atoms with E-state index < -0.39 is 0 Å². The Bertz CT molecular complexity index is 711. The van der Waals surface area contributed by atoms with Crippen LogP contribution in [0.1, 0.15) is 54.7 Å². The van der Waals surface area contributed by atoms with Gasteiger partial charge in [0.15, 0.2) is 0 Å². The van der Waals surface area contributed by atoms with Crippen LogP contribution in [0.15, 0.2) is 42.9 Å². The van der Waals surface area contributed by atoms with E-state index in [-0.39, 0.29) is 11.9 Å². The predicted octanol–water partition coefficient (Wildman–Crippen LogP) is 3.56. The molecule has 3 heterocycles. The van der Waals surface area contributed by atoms with Gasteiger partial charge in [-0.2, -0.15) is 0 Å². The second-order valence-electron chi connectivity index (χ2n) is 7.38. The number of hydrogen-bond acceptors (Lipinski definition) is 4. The number of rotatable bonds is 8. The Morgan fingerprint density at radius 2 is 1.93 bits per heavy atom. The van der Waals surface area contributed by atoms with Crippen molar-refractivity contribution in [2.45, 2.75) is 52.1 Å². The van der Waals surface area contributed by atoms with Crippen LogP contribution in [0.4, 0.5) is 0 Å². The Morgan fingerprint density at radius 3 is 2.56 bits per heavy atom. The minimum atomic E-state index is 0.0414. The van der Waals surface area contributed by atoms with Gasteiger partial charge in [0.05, 0.1) is 5.56 Å². The summed E-state index contributed by atoms with van der Waals surface area (Å²) >= 11 is 0. The zero-order chi connectivity index (χ0) is 19.1. The third-order valence-corrected chi connectivity index (χ3v) is 5.44. The Balaban J connectivity index is 1.65. The highest BCUT2D eigenvalue weighted by Gasteiger charge is 2.21. The molecule has 0 N–H and O–H groups in total. The van der Waals surface area contributed by atoms with Crippen molar-refractivity contribution in [3.63, 3.8) is 0 Å². The molecule has 0 aromatic carbocycles. The molecule has 1 fully saturated rings. The number of hydrogen-bond donors (Lipinski definition) is 0. The summed E-state index contributed by atoms with van der Waals surface area (Å²) < 4.78 is 0. The first kappa shape index (κ1) is 19.5. The number of aromatic nitrogens is 2. The summed E-state index contributed by atoms with van der Waals surface area (Å²) in [5.74, 6) is 0.0414. The van der Waals surface area contributed by atoms with E-state index in [1.54, 1.807) is 18.6 Å². The lowest BCUT2D eigenvalue weighted by molar-refractivity contribution is 0.0671. The van der Waals surface area contributed by atoms with E-state index in [1.807, 2.05) is 29.2 Å². The third-order valence-electron chi connectivity index (χ3n) is 5.44. The predicted molar refractivity (Wildman–Crippen MR) is 107 cm³/mol. The van der Waals surface area contributed by atoms with Crippen molar-refractivity contribution >= 4 is 5.91 Å². The fourth-order valence-electron chi connectivity index (χ4n) is 3.48. The van der Waals surface area contributed by atoms with Crippen LogP contribution in [0.3, 0.4) is 0 Å². The van der Waals surface area contributed by atoms with Gasteiger partial charge in [0.25, 0.3) is 5.91 Å². The number of pyridine rings is 2. The normalized spacial score (nSPS) is 15.6. The van der Waals surface area contributed by atoms with Crippen molar-refractivity contribution in [3.05, 3.63) is 59.7 Å². The first-order valence-corrected chi connectivity index (χ1v) is 10.0. The second kappa shape index (κ2) is 9.60. The van der Waals surface area contributed by atoms with E-state index in [1.165, 1.54) is 25.9 Å². The van der Waals surface area contributed by atoms with E-state index in [4.69, 9.17) is 0 Å². The molecule has 3 rings (SSSR count). The standard InChI is InChI=1S/C22H30N4O/c1-3-18(2)26(17-19-8-11-23-12-9-19)22(27)20-6-7-21(24-16-20)10-15-25-13-4-5-14-25/h6-9,11-12,16,18H,3-5,10,13-15,17H2,1-2H3. The summed E-state index contributed by atoms with van der Waals surface area (Å²) in [6.45, 7) is 8.26. The topological polar surface area (TPSA) is 49.3 Å². The lowest BCUT2D eigenvalue weighted by Gasteiger charge is -2.29. The molecule has 0 radical (unpaired) electrons. The van der Waals surface area contributed by atoms with Gasteiger partial charge in [-0.25, -0.2) is 0 Å². The van der Waals surface area contributed by atoms with Gasteiger partial charge in [0, 0.05) is 49.8 Å². The number of nitrogens with zero attached hydrogens (tertiary/aromatic N) is 4. The number of amides is 1. The summed E-state index contributed by atoms with van der Waals surface area (Å²) in [5, 5.41) is 0. The number of carbonyl (C=O) groups is 1. The molecule has 1 aliphatic heterocycles. The van der Waals surface area contributed by atoms with Crippen LogP contribution in [0.5, 0.6) is 0 Å². The maximum Gasteiger partial charge on any atom is 0.255 e. The van der Waals surface area contributed by atoms with E-state index in [0.29, 0.717) is 12.1 Å². The Labute approximate surface area is 162 Å². The first-order chi connectivity index (χ1) is 13.2. The van der Waals surface area contributed by atoms with Crippen LogP contribution < -0.4 is 0 Å². The molecule has 0 saturated carbocycles. The van der Waals surface area contributed by atoms with Gasteiger partial charge in [-0.1, -0.05) is 6.92 Å². The van der Waals surface area contributed by atoms with E-state index in [0.717, 1.165) is 30.6 Å². The van der Waals surface area contributed by atoms with E-state index in [9.17, 15) is 4.79 Å². The Hall–Kier alpha value is -2.27. The van der Waals surface area contributed by atoms with Gasteiger partial charge < -0.3 is 9.80 Å². The molecule has 2 aromatic heterocycles. The summed E-state index contributed by atoms with van der Waals surface area (Å²) in [5.41, 5.74) is 2.81. The molecule has 5 nitrogen and oxygen atoms in total. The summed E-state index contributed by atoms with van der Waals surface area (Å²) in [4.78, 5) is 26.1. The molecule has 0 spiro atoms. The van der Waals surface area contributed by atoms with Crippen LogP contribution in [-0.2, 0) is 13.0 Å². The Morgan fingerprint density at radius 1 is 1.19 bits per heavy atom. The van der Waals surface area contributed by atoms with E-state index in [2.05, 4.69) is 28.7 Å². The van der Waals surface area contributed by atoms with Crippen molar-refractivity contribution in [2.75, 3.05) is 19.6 Å². The molecule has 0 bridgehead atoms. The van der Waals surface area contributed by atoms with Crippen LogP contribution in [0, 0.1) is 0 Å². The van der Waals surface area contributed by atoms with Crippen LogP contribution >= 0.6 is 0 Å². The van der Waals surface area contributed by atoms with E-state index >= 15 is 0 Å². The molecule has 27 heavy (non-hydrogen) atoms. The molecule has 144 valence electrons. The van der Waals surface area contributed by atoms with Gasteiger partial charge in [-0.3, -0.25) is 14.8 Å². The molecule has 0 aliphatic carbocycles. The number of carbonyl (C=O) groups excluding carboxylic acids is 1. The summed E-state index contributed by atoms with van der Waals surface area (Å²) in [7, 11) is 0. The third kappa shape index (κ3) is 5.36. The highest BCUT2D eigenvalue weighted by atomic mass is 16.2. The van der Waals surface area contributed by atoms with Crippen molar-refractivity contribution in [2.24, 2.45) is 0 Å². The zero-order valence-corrected chi connectivity index (χ0v) is 16.5. The summed E-state index contributed by atoms with van der Waals surface area (Å²) in [6.07, 6.45) is 9.76. The van der Waals surface area contributed by atoms with Gasteiger partial charge >= 0.3 is 0 Å². The molecule has 1 amide bonds. The summed E-state index contributed by atoms with van der Waals surface area (Å²) in [6, 6.07) is 8.02. The lowest BCUT2D eigenvalue weighted by atomic mass is 10.1. The second-order valence-corrected chi connectivity index (χ2v) is 7.38. The van der Waals surface area contributed by atoms with Gasteiger partial charge in [0.2, 0.25) is 0 Å². The smallest absolute Gasteiger partial charge is 0.255 e. The molecule has 1 aliphatic rings. The molecule has 1 atom stereocenters. The number of likely N-dealkylation sites (tertiary alicyclic amines) is 1. The van der Waals surface area contributed by atoms with Crippen molar-refractivity contribution in [3.8, 4) is 0 Å². The zero-order valence-electron chi connectivity index (χ0n) is 16.5. The molecular weight excluding hydrogens is 336 g/mol. The SMILES string of the molecule is CCC(C)N(Cc1ccncc1)C(=O)c1ccc(CCN2CCCC2)nc1. The maximum atomic E-state index is 13.1. The van der Waals surface area contributed by atoms with Gasteiger partial charge in [-0.15, -0.1) is 0 Å². The molecule has 1 saturated heterocycles. The molecule has 1 unspecified atom stereocenters. The molecule has 5 heteroatoms. The van der Waals surface area contributed by atoms with Crippen LogP contribution in [0.25, 0.3) is 0 Å². The monoisotopic (exact) mass is 366 g/mol. The molecular formula is C22H30N4O. The fourth-order valence-corrected chi connectivity index (χ4v) is 3.48. The quantitative estimate of drug-likeness (QED) is 0.717. The lowest BCUT2D eigenvalue weighted by Crippen LogP contribution is -2.37. The minimum Gasteiger partial charge on any atom is -0.332 e. The average Bonchev–Trinajstić information content (AvgIpc) is 3.24. The highest BCUT2D eigenvalue weighted by Crippen LogP contribution is 2.15. The van der Waals surface area contributed by atoms with Gasteiger partial charge in [0.1, 0.15) is 0 Å². The average molecular weight is 367 g/mol. The van der Waals surface area contributed by atoms with Crippen molar-refractivity contribution in [1.82, 2.24) is 19.8 Å². The fraction of sp³-hybridized carbons (Fsp3) is 0.500. The molecule has 2 aromatic rings. The first-order valence-electron chi connectivity index (χ1n) is 10.0. The Kier molecular flexibility index (Phi) is 6.93. The maximum absolute atomic E-state index is 13.1. The van der Waals surface area contributed by atoms with Crippen LogP contribution in [0.2, 0.25) is 0 Å². The highest BCUT2D eigenvalue weighted by molar-refractivity contribution is 5.94. The largest absolute Gasteiger partial charge is 0.332 e. The minimum absolute atomic E-state index is 0.0414. The van der Waals surface area contributed by atoms with Crippen molar-refractivity contribution < 1.29 is 4.79 Å².